The molecule has 0 bridgehead atoms. The standard InChI is InChI=1S/C9H15NS/c1-9(2)8(4-6-10-3)5-7-11-9/h8H,4-7H2,1-2H3. The summed E-state index contributed by atoms with van der Waals surface area (Å²) in [5.41, 5.74) is 0. The largest absolute Gasteiger partial charge is 0.317 e. The highest BCUT2D eigenvalue weighted by atomic mass is 32.2. The average molecular weight is 169 g/mol. The SMILES string of the molecule is [C-]#[N+]CCC1CCSC1(C)C. The molecule has 0 aromatic heterocycles. The summed E-state index contributed by atoms with van der Waals surface area (Å²) >= 11 is 2.06. The van der Waals surface area contributed by atoms with Crippen molar-refractivity contribution in [2.75, 3.05) is 12.3 Å². The van der Waals surface area contributed by atoms with Gasteiger partial charge in [0.05, 0.1) is 0 Å². The van der Waals surface area contributed by atoms with Gasteiger partial charge in [0.1, 0.15) is 0 Å². The fraction of sp³-hybridized carbons (Fsp3) is 0.889. The van der Waals surface area contributed by atoms with E-state index in [1.807, 2.05) is 0 Å². The molecule has 0 spiro atoms. The van der Waals surface area contributed by atoms with Gasteiger partial charge < -0.3 is 4.85 Å². The molecule has 62 valence electrons. The first-order chi connectivity index (χ1) is 5.17. The zero-order chi connectivity index (χ0) is 8.32. The van der Waals surface area contributed by atoms with Gasteiger partial charge >= 0.3 is 0 Å². The molecule has 1 atom stereocenters. The fourth-order valence-corrected chi connectivity index (χ4v) is 3.04. The number of thioether (sulfide) groups is 1. The van der Waals surface area contributed by atoms with E-state index in [-0.39, 0.29) is 0 Å². The third kappa shape index (κ3) is 2.13. The van der Waals surface area contributed by atoms with Gasteiger partial charge in [0.25, 0.3) is 0 Å². The summed E-state index contributed by atoms with van der Waals surface area (Å²) in [6.07, 6.45) is 2.41. The van der Waals surface area contributed by atoms with Gasteiger partial charge in [-0.25, -0.2) is 6.57 Å². The van der Waals surface area contributed by atoms with Crippen molar-refractivity contribution in [2.24, 2.45) is 5.92 Å². The van der Waals surface area contributed by atoms with Crippen LogP contribution in [-0.2, 0) is 0 Å². The number of rotatable bonds is 2. The lowest BCUT2D eigenvalue weighted by Crippen LogP contribution is -2.22. The van der Waals surface area contributed by atoms with Crippen molar-refractivity contribution in [3.05, 3.63) is 11.4 Å². The van der Waals surface area contributed by atoms with Crippen molar-refractivity contribution in [1.82, 2.24) is 0 Å². The quantitative estimate of drug-likeness (QED) is 0.575. The second-order valence-electron chi connectivity index (χ2n) is 3.61. The summed E-state index contributed by atoms with van der Waals surface area (Å²) in [6, 6.07) is 0. The Balaban J connectivity index is 2.40. The van der Waals surface area contributed by atoms with Crippen molar-refractivity contribution in [3.8, 4) is 0 Å². The monoisotopic (exact) mass is 169 g/mol. The lowest BCUT2D eigenvalue weighted by Gasteiger charge is -2.23. The maximum atomic E-state index is 6.71. The second-order valence-corrected chi connectivity index (χ2v) is 5.36. The molecule has 0 amide bonds. The van der Waals surface area contributed by atoms with E-state index >= 15 is 0 Å². The zero-order valence-corrected chi connectivity index (χ0v) is 8.08. The van der Waals surface area contributed by atoms with Crippen LogP contribution < -0.4 is 0 Å². The fourth-order valence-electron chi connectivity index (χ4n) is 1.64. The predicted molar refractivity (Wildman–Crippen MR) is 50.7 cm³/mol. The third-order valence-corrected chi connectivity index (χ3v) is 4.03. The molecule has 1 unspecified atom stereocenters. The summed E-state index contributed by atoms with van der Waals surface area (Å²) < 4.78 is 0.435. The molecule has 1 heterocycles. The van der Waals surface area contributed by atoms with Crippen LogP contribution in [0, 0.1) is 12.5 Å². The van der Waals surface area contributed by atoms with Gasteiger partial charge in [-0.15, -0.1) is 0 Å². The number of hydrogen-bond acceptors (Lipinski definition) is 1. The van der Waals surface area contributed by atoms with Gasteiger partial charge in [0.15, 0.2) is 0 Å². The normalized spacial score (nSPS) is 28.3. The molecule has 11 heavy (non-hydrogen) atoms. The summed E-state index contributed by atoms with van der Waals surface area (Å²) in [7, 11) is 0. The lowest BCUT2D eigenvalue weighted by atomic mass is 9.90. The van der Waals surface area contributed by atoms with E-state index in [1.165, 1.54) is 12.2 Å². The molecule has 0 aromatic carbocycles. The summed E-state index contributed by atoms with van der Waals surface area (Å²) in [6.45, 7) is 12.0. The van der Waals surface area contributed by atoms with Crippen LogP contribution in [0.3, 0.4) is 0 Å². The molecular weight excluding hydrogens is 154 g/mol. The van der Waals surface area contributed by atoms with Crippen molar-refractivity contribution < 1.29 is 0 Å². The highest BCUT2D eigenvalue weighted by molar-refractivity contribution is 8.00. The van der Waals surface area contributed by atoms with Gasteiger partial charge in [-0.3, -0.25) is 0 Å². The summed E-state index contributed by atoms with van der Waals surface area (Å²) in [5, 5.41) is 0. The minimum atomic E-state index is 0.435. The van der Waals surface area contributed by atoms with Gasteiger partial charge in [-0.05, 0) is 18.1 Å². The van der Waals surface area contributed by atoms with Gasteiger partial charge in [-0.1, -0.05) is 13.8 Å². The van der Waals surface area contributed by atoms with Crippen LogP contribution in [0.25, 0.3) is 4.85 Å². The molecule has 1 aliphatic rings. The lowest BCUT2D eigenvalue weighted by molar-refractivity contribution is 0.419. The molecule has 0 aromatic rings. The van der Waals surface area contributed by atoms with Crippen molar-refractivity contribution in [3.63, 3.8) is 0 Å². The number of hydrogen-bond donors (Lipinski definition) is 0. The summed E-state index contributed by atoms with van der Waals surface area (Å²) in [4.78, 5) is 3.41. The van der Waals surface area contributed by atoms with Crippen molar-refractivity contribution >= 4 is 11.8 Å². The maximum absolute atomic E-state index is 6.71. The third-order valence-electron chi connectivity index (χ3n) is 2.51. The molecule has 1 nitrogen and oxygen atoms in total. The maximum Gasteiger partial charge on any atom is 0.215 e. The Labute approximate surface area is 73.4 Å². The van der Waals surface area contributed by atoms with Gasteiger partial charge in [0, 0.05) is 11.2 Å². The minimum Gasteiger partial charge on any atom is -0.317 e. The Morgan fingerprint density at radius 1 is 1.64 bits per heavy atom. The Morgan fingerprint density at radius 2 is 2.36 bits per heavy atom. The summed E-state index contributed by atoms with van der Waals surface area (Å²) in [5.74, 6) is 2.07. The molecular formula is C9H15NS. The van der Waals surface area contributed by atoms with Crippen LogP contribution in [0.1, 0.15) is 26.7 Å². The molecule has 1 saturated heterocycles. The van der Waals surface area contributed by atoms with E-state index < -0.39 is 0 Å². The Hall–Kier alpha value is -0.160. The van der Waals surface area contributed by atoms with Gasteiger partial charge in [-0.2, -0.15) is 11.8 Å². The molecule has 2 heteroatoms. The van der Waals surface area contributed by atoms with Crippen LogP contribution in [0.5, 0.6) is 0 Å². The van der Waals surface area contributed by atoms with E-state index in [9.17, 15) is 0 Å². The van der Waals surface area contributed by atoms with E-state index in [0.29, 0.717) is 11.3 Å². The zero-order valence-electron chi connectivity index (χ0n) is 7.26. The Bertz CT molecular complexity index is 169. The molecule has 0 saturated carbocycles. The van der Waals surface area contributed by atoms with Crippen molar-refractivity contribution in [1.29, 1.82) is 0 Å². The molecule has 1 fully saturated rings. The minimum absolute atomic E-state index is 0.435. The first kappa shape index (κ1) is 8.93. The van der Waals surface area contributed by atoms with E-state index in [4.69, 9.17) is 6.57 Å². The van der Waals surface area contributed by atoms with E-state index in [2.05, 4.69) is 30.5 Å². The first-order valence-electron chi connectivity index (χ1n) is 4.14. The van der Waals surface area contributed by atoms with Crippen molar-refractivity contribution in [2.45, 2.75) is 31.4 Å². The van der Waals surface area contributed by atoms with Crippen LogP contribution >= 0.6 is 11.8 Å². The van der Waals surface area contributed by atoms with Crippen LogP contribution in [0.15, 0.2) is 0 Å². The van der Waals surface area contributed by atoms with Gasteiger partial charge in [0.2, 0.25) is 6.54 Å². The molecule has 1 aliphatic heterocycles. The highest BCUT2D eigenvalue weighted by Gasteiger charge is 2.35. The molecule has 0 N–H and O–H groups in total. The predicted octanol–water partition coefficient (Wildman–Crippen LogP) is 2.83. The van der Waals surface area contributed by atoms with Crippen LogP contribution in [-0.4, -0.2) is 17.0 Å². The van der Waals surface area contributed by atoms with Crippen LogP contribution in [0.2, 0.25) is 0 Å². The molecule has 0 aliphatic carbocycles. The Morgan fingerprint density at radius 3 is 2.82 bits per heavy atom. The van der Waals surface area contributed by atoms with E-state index in [1.54, 1.807) is 0 Å². The first-order valence-corrected chi connectivity index (χ1v) is 5.12. The Kier molecular flexibility index (Phi) is 2.84. The van der Waals surface area contributed by atoms with Crippen LogP contribution in [0.4, 0.5) is 0 Å². The molecule has 1 rings (SSSR count). The second kappa shape index (κ2) is 3.49. The van der Waals surface area contributed by atoms with E-state index in [0.717, 1.165) is 12.3 Å². The number of nitrogens with zero attached hydrogens (tertiary/aromatic N) is 1. The average Bonchev–Trinajstić information content (AvgIpc) is 2.25. The molecule has 0 radical (unpaired) electrons. The smallest absolute Gasteiger partial charge is 0.215 e. The highest BCUT2D eigenvalue weighted by Crippen LogP contribution is 2.43. The topological polar surface area (TPSA) is 4.36 Å².